The lowest BCUT2D eigenvalue weighted by molar-refractivity contribution is -0.145. The monoisotopic (exact) mass is 236 g/mol. The maximum Gasteiger partial charge on any atom is 0.308 e. The molecule has 5 nitrogen and oxygen atoms in total. The van der Waals surface area contributed by atoms with Crippen LogP contribution in [0.25, 0.3) is 0 Å². The smallest absolute Gasteiger partial charge is 0.308 e. The van der Waals surface area contributed by atoms with Crippen molar-refractivity contribution in [2.75, 3.05) is 13.1 Å². The van der Waals surface area contributed by atoms with Crippen LogP contribution in [-0.4, -0.2) is 41.0 Å². The Hall–Kier alpha value is -0.810. The van der Waals surface area contributed by atoms with Gasteiger partial charge < -0.3 is 15.7 Å². The summed E-state index contributed by atoms with van der Waals surface area (Å²) in [5.41, 5.74) is 5.45. The summed E-state index contributed by atoms with van der Waals surface area (Å²) in [4.78, 5) is 23.7. The number of carbonyl (C=O) groups excluding carboxylic acids is 1. The van der Waals surface area contributed by atoms with Gasteiger partial charge in [-0.15, -0.1) is 12.4 Å². The molecule has 3 N–H and O–H groups in total. The Labute approximate surface area is 95.0 Å². The van der Waals surface area contributed by atoms with E-state index in [4.69, 9.17) is 10.8 Å². The summed E-state index contributed by atoms with van der Waals surface area (Å²) in [5, 5.41) is 8.81. The highest BCUT2D eigenvalue weighted by molar-refractivity contribution is 5.85. The number of hydrogen-bond donors (Lipinski definition) is 2. The minimum atomic E-state index is -0.827. The molecule has 1 fully saturated rings. The Balaban J connectivity index is 0.00000196. The normalized spacial score (nSPS) is 22.8. The molecule has 15 heavy (non-hydrogen) atoms. The average molecular weight is 237 g/mol. The van der Waals surface area contributed by atoms with Gasteiger partial charge in [-0.2, -0.15) is 0 Å². The second-order valence-corrected chi connectivity index (χ2v) is 3.75. The lowest BCUT2D eigenvalue weighted by Crippen LogP contribution is -2.48. The van der Waals surface area contributed by atoms with Crippen LogP contribution in [0.15, 0.2) is 0 Å². The van der Waals surface area contributed by atoms with Crippen LogP contribution in [0.5, 0.6) is 0 Å². The number of piperidine rings is 1. The molecule has 0 aromatic heterocycles. The fraction of sp³-hybridized carbons (Fsp3) is 0.778. The van der Waals surface area contributed by atoms with Gasteiger partial charge in [0.15, 0.2) is 0 Å². The Morgan fingerprint density at radius 1 is 1.53 bits per heavy atom. The van der Waals surface area contributed by atoms with Gasteiger partial charge in [-0.25, -0.2) is 0 Å². The van der Waals surface area contributed by atoms with Gasteiger partial charge in [0.25, 0.3) is 0 Å². The minimum Gasteiger partial charge on any atom is -0.481 e. The van der Waals surface area contributed by atoms with Crippen molar-refractivity contribution < 1.29 is 14.7 Å². The van der Waals surface area contributed by atoms with Crippen LogP contribution in [0.1, 0.15) is 19.8 Å². The topological polar surface area (TPSA) is 83.6 Å². The average Bonchev–Trinajstić information content (AvgIpc) is 2.16. The summed E-state index contributed by atoms with van der Waals surface area (Å²) in [6.07, 6.45) is 1.40. The molecule has 2 atom stereocenters. The van der Waals surface area contributed by atoms with Crippen molar-refractivity contribution in [2.24, 2.45) is 11.7 Å². The summed E-state index contributed by atoms with van der Waals surface area (Å²) >= 11 is 0. The molecule has 1 aliphatic heterocycles. The van der Waals surface area contributed by atoms with E-state index in [1.165, 1.54) is 0 Å². The van der Waals surface area contributed by atoms with Crippen molar-refractivity contribution >= 4 is 24.3 Å². The van der Waals surface area contributed by atoms with Gasteiger partial charge in [0.2, 0.25) is 5.91 Å². The highest BCUT2D eigenvalue weighted by Gasteiger charge is 2.28. The second kappa shape index (κ2) is 5.92. The van der Waals surface area contributed by atoms with Gasteiger partial charge in [-0.05, 0) is 19.8 Å². The van der Waals surface area contributed by atoms with Gasteiger partial charge in [0.05, 0.1) is 12.0 Å². The van der Waals surface area contributed by atoms with Crippen molar-refractivity contribution in [1.82, 2.24) is 4.90 Å². The predicted molar refractivity (Wildman–Crippen MR) is 57.8 cm³/mol. The zero-order valence-corrected chi connectivity index (χ0v) is 9.50. The molecule has 1 saturated heterocycles. The standard InChI is InChI=1S/C9H16N2O3.ClH/c1-6(10)8(12)11-4-2-3-7(5-11)9(13)14;/h6-7H,2-5,10H2,1H3,(H,13,14);1H. The SMILES string of the molecule is CC(N)C(=O)N1CCCC(C(=O)O)C1.Cl. The third kappa shape index (κ3) is 3.68. The summed E-state index contributed by atoms with van der Waals surface area (Å²) in [6, 6.07) is -0.539. The zero-order chi connectivity index (χ0) is 10.7. The number of halogens is 1. The van der Waals surface area contributed by atoms with E-state index in [0.29, 0.717) is 19.5 Å². The molecule has 0 aliphatic carbocycles. The Bertz CT molecular complexity index is 246. The van der Waals surface area contributed by atoms with Crippen LogP contribution in [0.2, 0.25) is 0 Å². The molecule has 0 radical (unpaired) electrons. The summed E-state index contributed by atoms with van der Waals surface area (Å²) in [6.45, 7) is 2.55. The third-order valence-electron chi connectivity index (χ3n) is 2.47. The summed E-state index contributed by atoms with van der Waals surface area (Å²) in [7, 11) is 0. The predicted octanol–water partition coefficient (Wildman–Crippen LogP) is 0.0786. The number of rotatable bonds is 2. The fourth-order valence-corrected chi connectivity index (χ4v) is 1.67. The molecular weight excluding hydrogens is 220 g/mol. The molecule has 2 unspecified atom stereocenters. The number of aliphatic carboxylic acids is 1. The van der Waals surface area contributed by atoms with Gasteiger partial charge in [-0.1, -0.05) is 0 Å². The number of likely N-dealkylation sites (tertiary alicyclic amines) is 1. The highest BCUT2D eigenvalue weighted by Crippen LogP contribution is 2.16. The molecule has 88 valence electrons. The largest absolute Gasteiger partial charge is 0.481 e. The minimum absolute atomic E-state index is 0. The molecule has 1 rings (SSSR count). The van der Waals surface area contributed by atoms with Crippen molar-refractivity contribution in [2.45, 2.75) is 25.8 Å². The molecule has 0 spiro atoms. The number of carbonyl (C=O) groups is 2. The number of amides is 1. The van der Waals surface area contributed by atoms with E-state index in [-0.39, 0.29) is 18.3 Å². The molecule has 1 heterocycles. The van der Waals surface area contributed by atoms with Gasteiger partial charge in [0, 0.05) is 13.1 Å². The van der Waals surface area contributed by atoms with E-state index in [0.717, 1.165) is 6.42 Å². The van der Waals surface area contributed by atoms with Crippen LogP contribution in [0.3, 0.4) is 0 Å². The molecular formula is C9H17ClN2O3. The van der Waals surface area contributed by atoms with Crippen molar-refractivity contribution in [1.29, 1.82) is 0 Å². The van der Waals surface area contributed by atoms with Crippen LogP contribution >= 0.6 is 12.4 Å². The number of carboxylic acid groups (broad SMARTS) is 1. The first-order valence-corrected chi connectivity index (χ1v) is 4.79. The van der Waals surface area contributed by atoms with E-state index < -0.39 is 17.9 Å². The third-order valence-corrected chi connectivity index (χ3v) is 2.47. The maximum atomic E-state index is 11.5. The van der Waals surface area contributed by atoms with E-state index >= 15 is 0 Å². The van der Waals surface area contributed by atoms with Crippen molar-refractivity contribution in [3.05, 3.63) is 0 Å². The summed E-state index contributed by atoms with van der Waals surface area (Å²) < 4.78 is 0. The highest BCUT2D eigenvalue weighted by atomic mass is 35.5. The molecule has 1 amide bonds. The van der Waals surface area contributed by atoms with Crippen LogP contribution in [0, 0.1) is 5.92 Å². The number of hydrogen-bond acceptors (Lipinski definition) is 3. The number of carboxylic acids is 1. The first-order chi connectivity index (χ1) is 6.52. The molecule has 0 aromatic carbocycles. The lowest BCUT2D eigenvalue weighted by Gasteiger charge is -2.31. The summed E-state index contributed by atoms with van der Waals surface area (Å²) in [5.74, 6) is -1.41. The molecule has 0 saturated carbocycles. The van der Waals surface area contributed by atoms with Crippen molar-refractivity contribution in [3.8, 4) is 0 Å². The molecule has 0 aromatic rings. The van der Waals surface area contributed by atoms with E-state index in [1.54, 1.807) is 11.8 Å². The van der Waals surface area contributed by atoms with E-state index in [2.05, 4.69) is 0 Å². The van der Waals surface area contributed by atoms with Gasteiger partial charge >= 0.3 is 5.97 Å². The Morgan fingerprint density at radius 2 is 2.13 bits per heavy atom. The van der Waals surface area contributed by atoms with Crippen LogP contribution in [0.4, 0.5) is 0 Å². The number of nitrogens with zero attached hydrogens (tertiary/aromatic N) is 1. The maximum absolute atomic E-state index is 11.5. The quantitative estimate of drug-likeness (QED) is 0.711. The van der Waals surface area contributed by atoms with E-state index in [9.17, 15) is 9.59 Å². The van der Waals surface area contributed by atoms with Crippen molar-refractivity contribution in [3.63, 3.8) is 0 Å². The Kier molecular flexibility index (Phi) is 5.60. The van der Waals surface area contributed by atoms with E-state index in [1.807, 2.05) is 0 Å². The van der Waals surface area contributed by atoms with Crippen LogP contribution < -0.4 is 5.73 Å². The lowest BCUT2D eigenvalue weighted by atomic mass is 9.98. The van der Waals surface area contributed by atoms with Crippen LogP contribution in [-0.2, 0) is 9.59 Å². The number of nitrogens with two attached hydrogens (primary N) is 1. The Morgan fingerprint density at radius 3 is 2.60 bits per heavy atom. The first-order valence-electron chi connectivity index (χ1n) is 4.79. The molecule has 1 aliphatic rings. The zero-order valence-electron chi connectivity index (χ0n) is 8.68. The molecule has 0 bridgehead atoms. The second-order valence-electron chi connectivity index (χ2n) is 3.75. The fourth-order valence-electron chi connectivity index (χ4n) is 1.67. The van der Waals surface area contributed by atoms with Gasteiger partial charge in [-0.3, -0.25) is 9.59 Å². The molecule has 6 heteroatoms. The van der Waals surface area contributed by atoms with Gasteiger partial charge in [0.1, 0.15) is 0 Å². The first kappa shape index (κ1) is 14.2.